The zero-order valence-electron chi connectivity index (χ0n) is 9.43. The summed E-state index contributed by atoms with van der Waals surface area (Å²) in [5, 5.41) is 10.1. The highest BCUT2D eigenvalue weighted by molar-refractivity contribution is 9.10. The Labute approximate surface area is 112 Å². The van der Waals surface area contributed by atoms with Gasteiger partial charge >= 0.3 is 0 Å². The summed E-state index contributed by atoms with van der Waals surface area (Å²) in [7, 11) is 0. The van der Waals surface area contributed by atoms with Gasteiger partial charge in [-0.1, -0.05) is 12.1 Å². The second kappa shape index (κ2) is 5.72. The summed E-state index contributed by atoms with van der Waals surface area (Å²) in [4.78, 5) is 1.14. The average molecular weight is 316 g/mol. The third-order valence-electron chi connectivity index (χ3n) is 2.42. The maximum absolute atomic E-state index is 5.64. The highest BCUT2D eigenvalue weighted by Crippen LogP contribution is 2.29. The molecule has 1 atom stereocenters. The van der Waals surface area contributed by atoms with E-state index in [0.29, 0.717) is 0 Å². The van der Waals surface area contributed by atoms with E-state index in [2.05, 4.69) is 44.7 Å². The van der Waals surface area contributed by atoms with E-state index in [9.17, 15) is 0 Å². The van der Waals surface area contributed by atoms with Crippen molar-refractivity contribution in [3.8, 4) is 0 Å². The van der Waals surface area contributed by atoms with E-state index in [1.165, 1.54) is 0 Å². The maximum Gasteiger partial charge on any atom is 0.0986 e. The van der Waals surface area contributed by atoms with E-state index in [0.717, 1.165) is 28.0 Å². The minimum atomic E-state index is -0.0622. The highest BCUT2D eigenvalue weighted by Gasteiger charge is 2.19. The standard InChI is InChI=1S/C10H14BrN5S/c1-2-3-16-8(5-13-15-16)10(14-12)9-4-7(11)6-17-9/h4-6,10,14H,2-3,12H2,1H3. The molecule has 0 aliphatic rings. The number of nitrogens with one attached hydrogen (secondary N) is 1. The predicted octanol–water partition coefficient (Wildman–Crippen LogP) is 2.06. The number of aryl methyl sites for hydroxylation is 1. The Hall–Kier alpha value is -0.760. The van der Waals surface area contributed by atoms with Crippen LogP contribution in [0.3, 0.4) is 0 Å². The van der Waals surface area contributed by atoms with Crippen molar-refractivity contribution in [1.29, 1.82) is 0 Å². The second-order valence-corrected chi connectivity index (χ2v) is 5.51. The third kappa shape index (κ3) is 2.74. The van der Waals surface area contributed by atoms with Crippen molar-refractivity contribution in [3.63, 3.8) is 0 Å². The Bertz CT molecular complexity index is 481. The minimum absolute atomic E-state index is 0.0622. The lowest BCUT2D eigenvalue weighted by Crippen LogP contribution is -2.30. The summed E-state index contributed by atoms with van der Waals surface area (Å²) in [5.41, 5.74) is 3.81. The first-order valence-electron chi connectivity index (χ1n) is 5.34. The molecule has 0 aliphatic carbocycles. The lowest BCUT2D eigenvalue weighted by Gasteiger charge is -2.14. The zero-order valence-corrected chi connectivity index (χ0v) is 11.8. The van der Waals surface area contributed by atoms with Crippen LogP contribution in [0.15, 0.2) is 22.1 Å². The van der Waals surface area contributed by atoms with E-state index >= 15 is 0 Å². The average Bonchev–Trinajstić information content (AvgIpc) is 2.91. The van der Waals surface area contributed by atoms with Gasteiger partial charge in [0, 0.05) is 21.3 Å². The quantitative estimate of drug-likeness (QED) is 0.654. The molecule has 0 spiro atoms. The van der Waals surface area contributed by atoms with Crippen LogP contribution in [-0.4, -0.2) is 15.0 Å². The second-order valence-electron chi connectivity index (χ2n) is 3.65. The number of hydrogen-bond donors (Lipinski definition) is 2. The molecule has 2 rings (SSSR count). The molecule has 0 aromatic carbocycles. The lowest BCUT2D eigenvalue weighted by atomic mass is 10.2. The highest BCUT2D eigenvalue weighted by atomic mass is 79.9. The molecule has 0 aliphatic heterocycles. The number of aromatic nitrogens is 3. The minimum Gasteiger partial charge on any atom is -0.270 e. The van der Waals surface area contributed by atoms with Gasteiger partial charge in [-0.25, -0.2) is 10.1 Å². The number of hydrazine groups is 1. The summed E-state index contributed by atoms with van der Waals surface area (Å²) in [6.07, 6.45) is 2.77. The Morgan fingerprint density at radius 2 is 2.47 bits per heavy atom. The van der Waals surface area contributed by atoms with Crippen LogP contribution >= 0.6 is 27.3 Å². The first kappa shape index (κ1) is 12.7. The van der Waals surface area contributed by atoms with Crippen LogP contribution in [0.4, 0.5) is 0 Å². The summed E-state index contributed by atoms with van der Waals surface area (Å²) >= 11 is 5.09. The summed E-state index contributed by atoms with van der Waals surface area (Å²) < 4.78 is 2.95. The molecule has 7 heteroatoms. The van der Waals surface area contributed by atoms with Gasteiger partial charge in [-0.2, -0.15) is 0 Å². The van der Waals surface area contributed by atoms with Crippen molar-refractivity contribution in [1.82, 2.24) is 20.4 Å². The molecule has 0 saturated carbocycles. The van der Waals surface area contributed by atoms with E-state index in [-0.39, 0.29) is 6.04 Å². The van der Waals surface area contributed by atoms with Crippen LogP contribution in [0.2, 0.25) is 0 Å². The van der Waals surface area contributed by atoms with Gasteiger partial charge in [-0.05, 0) is 28.4 Å². The predicted molar refractivity (Wildman–Crippen MR) is 71.5 cm³/mol. The lowest BCUT2D eigenvalue weighted by molar-refractivity contribution is 0.515. The fourth-order valence-electron chi connectivity index (χ4n) is 1.67. The van der Waals surface area contributed by atoms with Gasteiger partial charge in [-0.3, -0.25) is 5.84 Å². The van der Waals surface area contributed by atoms with Crippen molar-refractivity contribution in [2.75, 3.05) is 0 Å². The Morgan fingerprint density at radius 3 is 3.06 bits per heavy atom. The normalized spacial score (nSPS) is 12.9. The van der Waals surface area contributed by atoms with Crippen LogP contribution < -0.4 is 11.3 Å². The molecule has 0 radical (unpaired) electrons. The van der Waals surface area contributed by atoms with Crippen molar-refractivity contribution >= 4 is 27.3 Å². The fourth-order valence-corrected chi connectivity index (χ4v) is 3.18. The SMILES string of the molecule is CCCn1nncc1C(NN)c1cc(Br)cs1. The molecule has 2 aromatic rings. The summed E-state index contributed by atoms with van der Waals surface area (Å²) in [5.74, 6) is 5.64. The van der Waals surface area contributed by atoms with Crippen molar-refractivity contribution in [2.24, 2.45) is 5.84 Å². The zero-order chi connectivity index (χ0) is 12.3. The maximum atomic E-state index is 5.64. The van der Waals surface area contributed by atoms with E-state index in [1.54, 1.807) is 17.5 Å². The number of nitrogens with zero attached hydrogens (tertiary/aromatic N) is 3. The number of nitrogens with two attached hydrogens (primary N) is 1. The van der Waals surface area contributed by atoms with Crippen molar-refractivity contribution in [3.05, 3.63) is 32.7 Å². The third-order valence-corrected chi connectivity index (χ3v) is 4.18. The molecular weight excluding hydrogens is 302 g/mol. The van der Waals surface area contributed by atoms with Crippen LogP contribution in [0, 0.1) is 0 Å². The molecule has 2 heterocycles. The molecule has 1 unspecified atom stereocenters. The summed E-state index contributed by atoms with van der Waals surface area (Å²) in [6.45, 7) is 2.96. The molecular formula is C10H14BrN5S. The van der Waals surface area contributed by atoms with Crippen LogP contribution in [0.5, 0.6) is 0 Å². The molecule has 5 nitrogen and oxygen atoms in total. The van der Waals surface area contributed by atoms with Gasteiger partial charge in [0.2, 0.25) is 0 Å². The molecule has 0 saturated heterocycles. The monoisotopic (exact) mass is 315 g/mol. The van der Waals surface area contributed by atoms with Gasteiger partial charge in [0.25, 0.3) is 0 Å². The first-order valence-corrected chi connectivity index (χ1v) is 7.02. The van der Waals surface area contributed by atoms with Gasteiger partial charge < -0.3 is 0 Å². The molecule has 0 amide bonds. The van der Waals surface area contributed by atoms with Crippen molar-refractivity contribution in [2.45, 2.75) is 25.9 Å². The Balaban J connectivity index is 2.31. The Morgan fingerprint density at radius 1 is 1.65 bits per heavy atom. The van der Waals surface area contributed by atoms with E-state index in [4.69, 9.17) is 5.84 Å². The molecule has 2 aromatic heterocycles. The fraction of sp³-hybridized carbons (Fsp3) is 0.400. The topological polar surface area (TPSA) is 68.8 Å². The van der Waals surface area contributed by atoms with Crippen LogP contribution in [-0.2, 0) is 6.54 Å². The van der Waals surface area contributed by atoms with Crippen LogP contribution in [0.25, 0.3) is 0 Å². The molecule has 3 N–H and O–H groups in total. The number of rotatable bonds is 5. The largest absolute Gasteiger partial charge is 0.270 e. The summed E-state index contributed by atoms with van der Waals surface area (Å²) in [6, 6.07) is 1.99. The number of halogens is 1. The molecule has 0 bridgehead atoms. The van der Waals surface area contributed by atoms with Gasteiger partial charge in [0.1, 0.15) is 0 Å². The number of thiophene rings is 1. The van der Waals surface area contributed by atoms with E-state index in [1.807, 2.05) is 10.1 Å². The van der Waals surface area contributed by atoms with Gasteiger partial charge in [0.15, 0.2) is 0 Å². The van der Waals surface area contributed by atoms with E-state index < -0.39 is 0 Å². The Kier molecular flexibility index (Phi) is 4.27. The first-order chi connectivity index (χ1) is 8.26. The smallest absolute Gasteiger partial charge is 0.0986 e. The van der Waals surface area contributed by atoms with Gasteiger partial charge in [0.05, 0.1) is 17.9 Å². The molecule has 0 fully saturated rings. The number of hydrogen-bond acceptors (Lipinski definition) is 5. The molecule has 92 valence electrons. The van der Waals surface area contributed by atoms with Gasteiger partial charge in [-0.15, -0.1) is 16.4 Å². The van der Waals surface area contributed by atoms with Crippen LogP contribution in [0.1, 0.15) is 30.0 Å². The van der Waals surface area contributed by atoms with Crippen molar-refractivity contribution < 1.29 is 0 Å². The molecule has 17 heavy (non-hydrogen) atoms.